The molecule has 0 bridgehead atoms. The smallest absolute Gasteiger partial charge is 0.408 e. The number of hydrogen-bond donors (Lipinski definition) is 1. The third kappa shape index (κ3) is 3.77. The second-order valence-electron chi connectivity index (χ2n) is 7.11. The summed E-state index contributed by atoms with van der Waals surface area (Å²) in [6, 6.07) is 13.1. The Kier molecular flexibility index (Phi) is 4.89. The molecule has 0 atom stereocenters. The Hall–Kier alpha value is -2.74. The van der Waals surface area contributed by atoms with Crippen LogP contribution in [0.2, 0.25) is 0 Å². The molecule has 0 fully saturated rings. The van der Waals surface area contributed by atoms with E-state index < -0.39 is 10.0 Å². The molecular formula is C20H23N3O4S. The van der Waals surface area contributed by atoms with Gasteiger partial charge in [0.05, 0.1) is 17.5 Å². The standard InChI is InChI=1S/C20H23N3O4S/c1-28(25,26)21-16-8-4-10-17-15(16)7-5-12-22(17)13-6-14-23-18-9-2-3-11-19(18)27-20(23)24/h2-4,8-11,21H,5-7,12-14H2,1H3. The summed E-state index contributed by atoms with van der Waals surface area (Å²) < 4.78 is 32.9. The van der Waals surface area contributed by atoms with Gasteiger partial charge >= 0.3 is 5.76 Å². The number of nitrogens with one attached hydrogen (secondary N) is 1. The highest BCUT2D eigenvalue weighted by Crippen LogP contribution is 2.33. The maximum Gasteiger partial charge on any atom is 0.419 e. The maximum absolute atomic E-state index is 12.1. The van der Waals surface area contributed by atoms with Crippen molar-refractivity contribution in [1.29, 1.82) is 0 Å². The van der Waals surface area contributed by atoms with Crippen LogP contribution in [0.1, 0.15) is 18.4 Å². The van der Waals surface area contributed by atoms with Gasteiger partial charge in [0.25, 0.3) is 0 Å². The minimum Gasteiger partial charge on any atom is -0.408 e. The topological polar surface area (TPSA) is 84.5 Å². The predicted octanol–water partition coefficient (Wildman–Crippen LogP) is 2.81. The van der Waals surface area contributed by atoms with Crippen molar-refractivity contribution in [3.8, 4) is 0 Å². The van der Waals surface area contributed by atoms with E-state index in [1.54, 1.807) is 16.7 Å². The summed E-state index contributed by atoms with van der Waals surface area (Å²) in [7, 11) is -3.32. The van der Waals surface area contributed by atoms with Crippen LogP contribution in [-0.4, -0.2) is 32.3 Å². The molecule has 0 saturated heterocycles. The van der Waals surface area contributed by atoms with Crippen LogP contribution in [-0.2, 0) is 23.0 Å². The number of aromatic nitrogens is 1. The largest absolute Gasteiger partial charge is 0.419 e. The Bertz CT molecular complexity index is 1160. The molecule has 8 heteroatoms. The molecule has 0 aliphatic carbocycles. The van der Waals surface area contributed by atoms with Gasteiger partial charge in [0.1, 0.15) is 0 Å². The fourth-order valence-corrected chi connectivity index (χ4v) is 4.46. The van der Waals surface area contributed by atoms with Crippen molar-refractivity contribution in [2.75, 3.05) is 29.0 Å². The summed E-state index contributed by atoms with van der Waals surface area (Å²) in [5.74, 6) is -0.333. The SMILES string of the molecule is CS(=O)(=O)Nc1cccc2c1CCCN2CCCn1c(=O)oc2ccccc21. The van der Waals surface area contributed by atoms with Crippen molar-refractivity contribution in [2.24, 2.45) is 0 Å². The number of hydrogen-bond acceptors (Lipinski definition) is 5. The van der Waals surface area contributed by atoms with Crippen LogP contribution in [0.4, 0.5) is 11.4 Å². The maximum atomic E-state index is 12.1. The zero-order valence-electron chi connectivity index (χ0n) is 15.7. The molecule has 1 N–H and O–H groups in total. The van der Waals surface area contributed by atoms with Gasteiger partial charge in [-0.25, -0.2) is 13.2 Å². The lowest BCUT2D eigenvalue weighted by molar-refractivity contribution is 0.495. The monoisotopic (exact) mass is 401 g/mol. The second kappa shape index (κ2) is 7.35. The zero-order chi connectivity index (χ0) is 19.7. The Labute approximate surface area is 163 Å². The fraction of sp³-hybridized carbons (Fsp3) is 0.350. The van der Waals surface area contributed by atoms with Crippen LogP contribution in [0.5, 0.6) is 0 Å². The highest BCUT2D eigenvalue weighted by atomic mass is 32.2. The van der Waals surface area contributed by atoms with Crippen molar-refractivity contribution in [3.63, 3.8) is 0 Å². The van der Waals surface area contributed by atoms with Crippen LogP contribution in [0.3, 0.4) is 0 Å². The molecule has 0 amide bonds. The van der Waals surface area contributed by atoms with Crippen LogP contribution < -0.4 is 15.4 Å². The quantitative estimate of drug-likeness (QED) is 0.687. The summed E-state index contributed by atoms with van der Waals surface area (Å²) in [4.78, 5) is 14.4. The number of nitrogens with zero attached hydrogens (tertiary/aromatic N) is 2. The average molecular weight is 401 g/mol. The Morgan fingerprint density at radius 1 is 1.11 bits per heavy atom. The summed E-state index contributed by atoms with van der Waals surface area (Å²) in [5.41, 5.74) is 4.16. The van der Waals surface area contributed by atoms with Gasteiger partial charge in [-0.1, -0.05) is 18.2 Å². The molecule has 7 nitrogen and oxygen atoms in total. The number of fused-ring (bicyclic) bond motifs is 2. The van der Waals surface area contributed by atoms with Crippen molar-refractivity contribution in [3.05, 3.63) is 58.6 Å². The molecule has 1 aromatic heterocycles. The number of aryl methyl sites for hydroxylation is 1. The Balaban J connectivity index is 1.51. The van der Waals surface area contributed by atoms with Gasteiger partial charge < -0.3 is 9.32 Å². The first kappa shape index (κ1) is 18.6. The van der Waals surface area contributed by atoms with Gasteiger partial charge in [0.15, 0.2) is 5.58 Å². The lowest BCUT2D eigenvalue weighted by Gasteiger charge is -2.32. The second-order valence-corrected chi connectivity index (χ2v) is 8.86. The van der Waals surface area contributed by atoms with E-state index in [1.807, 2.05) is 30.3 Å². The van der Waals surface area contributed by atoms with E-state index in [9.17, 15) is 13.2 Å². The first-order chi connectivity index (χ1) is 13.4. The first-order valence-corrected chi connectivity index (χ1v) is 11.2. The van der Waals surface area contributed by atoms with Gasteiger partial charge in [-0.05, 0) is 49.1 Å². The van der Waals surface area contributed by atoms with E-state index in [4.69, 9.17) is 4.42 Å². The zero-order valence-corrected chi connectivity index (χ0v) is 16.5. The van der Waals surface area contributed by atoms with E-state index in [-0.39, 0.29) is 5.76 Å². The molecular weight excluding hydrogens is 378 g/mol. The van der Waals surface area contributed by atoms with Crippen LogP contribution in [0.15, 0.2) is 51.7 Å². The lowest BCUT2D eigenvalue weighted by Crippen LogP contribution is -2.32. The molecule has 3 aromatic rings. The van der Waals surface area contributed by atoms with E-state index in [2.05, 4.69) is 9.62 Å². The number of para-hydroxylation sites is 2. The summed E-state index contributed by atoms with van der Waals surface area (Å²) >= 11 is 0. The van der Waals surface area contributed by atoms with Crippen LogP contribution in [0.25, 0.3) is 11.1 Å². The molecule has 4 rings (SSSR count). The van der Waals surface area contributed by atoms with Gasteiger partial charge in [-0.3, -0.25) is 9.29 Å². The summed E-state index contributed by atoms with van der Waals surface area (Å²) in [6.07, 6.45) is 3.76. The number of oxazole rings is 1. The molecule has 2 aromatic carbocycles. The van der Waals surface area contributed by atoms with E-state index in [1.165, 1.54) is 6.26 Å². The molecule has 148 valence electrons. The minimum absolute atomic E-state index is 0.333. The van der Waals surface area contributed by atoms with Gasteiger partial charge in [-0.15, -0.1) is 0 Å². The fourth-order valence-electron chi connectivity index (χ4n) is 3.87. The van der Waals surface area contributed by atoms with Crippen LogP contribution >= 0.6 is 0 Å². The first-order valence-electron chi connectivity index (χ1n) is 9.35. The van der Waals surface area contributed by atoms with Gasteiger partial charge in [-0.2, -0.15) is 0 Å². The van der Waals surface area contributed by atoms with E-state index in [0.717, 1.165) is 49.1 Å². The van der Waals surface area contributed by atoms with Crippen molar-refractivity contribution in [2.45, 2.75) is 25.8 Å². The highest BCUT2D eigenvalue weighted by Gasteiger charge is 2.20. The highest BCUT2D eigenvalue weighted by molar-refractivity contribution is 7.92. The average Bonchev–Trinajstić information content (AvgIpc) is 2.97. The van der Waals surface area contributed by atoms with Crippen molar-refractivity contribution in [1.82, 2.24) is 4.57 Å². The summed E-state index contributed by atoms with van der Waals surface area (Å²) in [6.45, 7) is 2.26. The predicted molar refractivity (Wildman–Crippen MR) is 111 cm³/mol. The molecule has 0 unspecified atom stereocenters. The Morgan fingerprint density at radius 2 is 1.93 bits per heavy atom. The van der Waals surface area contributed by atoms with Crippen molar-refractivity contribution < 1.29 is 12.8 Å². The third-order valence-corrected chi connectivity index (χ3v) is 5.62. The van der Waals surface area contributed by atoms with Gasteiger partial charge in [0.2, 0.25) is 10.0 Å². The minimum atomic E-state index is -3.32. The molecule has 2 heterocycles. The molecule has 1 aliphatic rings. The molecule has 28 heavy (non-hydrogen) atoms. The van der Waals surface area contributed by atoms with E-state index >= 15 is 0 Å². The number of anilines is 2. The number of rotatable bonds is 6. The molecule has 1 aliphatic heterocycles. The van der Waals surface area contributed by atoms with Crippen LogP contribution in [0, 0.1) is 0 Å². The summed E-state index contributed by atoms with van der Waals surface area (Å²) in [5, 5.41) is 0. The molecule has 0 spiro atoms. The van der Waals surface area contributed by atoms with Gasteiger partial charge in [0, 0.05) is 25.3 Å². The molecule has 0 saturated carbocycles. The number of sulfonamides is 1. The van der Waals surface area contributed by atoms with Crippen molar-refractivity contribution >= 4 is 32.5 Å². The lowest BCUT2D eigenvalue weighted by atomic mass is 10.00. The normalized spacial score (nSPS) is 14.2. The number of benzene rings is 2. The Morgan fingerprint density at radius 3 is 2.75 bits per heavy atom. The third-order valence-electron chi connectivity index (χ3n) is 5.03. The molecule has 0 radical (unpaired) electrons. The van der Waals surface area contributed by atoms with E-state index in [0.29, 0.717) is 17.8 Å².